The summed E-state index contributed by atoms with van der Waals surface area (Å²) in [4.78, 5) is 26.4. The Morgan fingerprint density at radius 3 is 2.53 bits per heavy atom. The number of fused-ring (bicyclic) bond motifs is 4. The molecule has 0 unspecified atom stereocenters. The summed E-state index contributed by atoms with van der Waals surface area (Å²) in [5.74, 6) is 0.708. The maximum absolute atomic E-state index is 13.5. The Morgan fingerprint density at radius 2 is 1.78 bits per heavy atom. The van der Waals surface area contributed by atoms with Gasteiger partial charge in [-0.15, -0.1) is 9.78 Å². The molecule has 0 saturated carbocycles. The van der Waals surface area contributed by atoms with Crippen LogP contribution in [0.5, 0.6) is 0 Å². The van der Waals surface area contributed by atoms with Gasteiger partial charge in [-0.25, -0.2) is 24.3 Å². The van der Waals surface area contributed by atoms with Gasteiger partial charge in [-0.3, -0.25) is 0 Å². The van der Waals surface area contributed by atoms with E-state index in [0.29, 0.717) is 41.2 Å². The summed E-state index contributed by atoms with van der Waals surface area (Å²) < 4.78 is 8.52. The fourth-order valence-corrected chi connectivity index (χ4v) is 3.89. The van der Waals surface area contributed by atoms with Crippen molar-refractivity contribution in [3.05, 3.63) is 75.8 Å². The maximum Gasteiger partial charge on any atom is 0.323 e. The van der Waals surface area contributed by atoms with Crippen molar-refractivity contribution in [3.63, 3.8) is 0 Å². The molecule has 0 radical (unpaired) electrons. The first-order valence-electron chi connectivity index (χ1n) is 10.4. The van der Waals surface area contributed by atoms with Crippen LogP contribution >= 0.6 is 0 Å². The van der Waals surface area contributed by atoms with Crippen molar-refractivity contribution in [1.29, 1.82) is 0 Å². The van der Waals surface area contributed by atoms with Gasteiger partial charge in [-0.05, 0) is 30.2 Å². The second-order valence-electron chi connectivity index (χ2n) is 7.68. The fourth-order valence-electron chi connectivity index (χ4n) is 3.89. The van der Waals surface area contributed by atoms with E-state index in [-0.39, 0.29) is 5.56 Å². The molecule has 0 fully saturated rings. The van der Waals surface area contributed by atoms with E-state index in [1.165, 1.54) is 0 Å². The molecular formula is C24H23N6O2+. The lowest BCUT2D eigenvalue weighted by atomic mass is 10.1. The molecule has 0 saturated heterocycles. The van der Waals surface area contributed by atoms with Crippen molar-refractivity contribution < 1.29 is 9.72 Å². The lowest BCUT2D eigenvalue weighted by Gasteiger charge is -2.04. The third-order valence-corrected chi connectivity index (χ3v) is 5.62. The number of rotatable bonds is 5. The molecule has 0 bridgehead atoms. The van der Waals surface area contributed by atoms with Crippen LogP contribution in [0.2, 0.25) is 0 Å². The summed E-state index contributed by atoms with van der Waals surface area (Å²) in [5, 5.41) is 5.18. The smallest absolute Gasteiger partial charge is 0.323 e. The van der Waals surface area contributed by atoms with Crippen LogP contribution in [-0.4, -0.2) is 39.1 Å². The van der Waals surface area contributed by atoms with Gasteiger partial charge in [0.1, 0.15) is 5.52 Å². The first-order valence-corrected chi connectivity index (χ1v) is 10.4. The standard InChI is InChI=1S/C24H22N6O2/c1-15-8-4-5-9-17(15)14-25-30-22-20(24(31)29(12-13-32-3)16(2)26-22)21-23(30)28-19-11-7-6-10-18(19)27-21/h4-11,14H,12-13H2,1-3H3/p+1. The second-order valence-corrected chi connectivity index (χ2v) is 7.68. The SMILES string of the molecule is COCCn1c(C)[nH+]c2c(c1=O)c1nc3ccccc3nc1n2N=Cc1ccccc1C. The minimum atomic E-state index is -0.146. The van der Waals surface area contributed by atoms with E-state index in [0.717, 1.165) is 22.2 Å². The minimum absolute atomic E-state index is 0.146. The number of aromatic nitrogens is 5. The number of benzene rings is 2. The number of nitrogens with zero attached hydrogens (tertiary/aromatic N) is 5. The van der Waals surface area contributed by atoms with E-state index in [1.807, 2.05) is 62.4 Å². The zero-order chi connectivity index (χ0) is 22.2. The van der Waals surface area contributed by atoms with Gasteiger partial charge in [0, 0.05) is 14.0 Å². The van der Waals surface area contributed by atoms with Crippen LogP contribution in [0.1, 0.15) is 17.0 Å². The van der Waals surface area contributed by atoms with Crippen molar-refractivity contribution in [1.82, 2.24) is 19.2 Å². The van der Waals surface area contributed by atoms with Crippen molar-refractivity contribution in [2.24, 2.45) is 5.10 Å². The van der Waals surface area contributed by atoms with E-state index in [9.17, 15) is 4.79 Å². The normalized spacial score (nSPS) is 12.0. The molecule has 3 heterocycles. The Balaban J connectivity index is 1.85. The summed E-state index contributed by atoms with van der Waals surface area (Å²) in [6, 6.07) is 15.6. The Labute approximate surface area is 183 Å². The van der Waals surface area contributed by atoms with Crippen LogP contribution in [0.25, 0.3) is 33.2 Å². The topological polar surface area (TPSA) is 88.4 Å². The number of hydrogen-bond acceptors (Lipinski definition) is 5. The Bertz CT molecular complexity index is 1560. The van der Waals surface area contributed by atoms with Gasteiger partial charge < -0.3 is 4.74 Å². The molecule has 0 aliphatic carbocycles. The molecule has 0 spiro atoms. The summed E-state index contributed by atoms with van der Waals surface area (Å²) in [5.41, 5.74) is 5.03. The molecule has 3 aromatic heterocycles. The first kappa shape index (κ1) is 20.0. The average Bonchev–Trinajstić information content (AvgIpc) is 3.09. The molecule has 0 aliphatic rings. The van der Waals surface area contributed by atoms with Crippen LogP contribution < -0.4 is 10.5 Å². The number of hydrogen-bond donors (Lipinski definition) is 0. The first-order chi connectivity index (χ1) is 15.6. The number of H-pyrrole nitrogens is 1. The lowest BCUT2D eigenvalue weighted by Crippen LogP contribution is -2.32. The van der Waals surface area contributed by atoms with Gasteiger partial charge in [0.2, 0.25) is 11.5 Å². The van der Waals surface area contributed by atoms with Gasteiger partial charge in [0.25, 0.3) is 5.65 Å². The molecule has 5 rings (SSSR count). The zero-order valence-corrected chi connectivity index (χ0v) is 18.2. The quantitative estimate of drug-likeness (QED) is 0.404. The van der Waals surface area contributed by atoms with Crippen molar-refractivity contribution >= 4 is 39.4 Å². The molecule has 160 valence electrons. The van der Waals surface area contributed by atoms with Gasteiger partial charge in [0.15, 0.2) is 5.39 Å². The molecule has 8 heteroatoms. The molecule has 32 heavy (non-hydrogen) atoms. The number of methoxy groups -OCH3 is 1. The third-order valence-electron chi connectivity index (χ3n) is 5.62. The van der Waals surface area contributed by atoms with Crippen LogP contribution in [-0.2, 0) is 11.3 Å². The molecule has 0 amide bonds. The van der Waals surface area contributed by atoms with Crippen LogP contribution in [0.15, 0.2) is 58.4 Å². The molecule has 1 N–H and O–H groups in total. The minimum Gasteiger partial charge on any atom is -0.381 e. The van der Waals surface area contributed by atoms with Crippen LogP contribution in [0.3, 0.4) is 0 Å². The van der Waals surface area contributed by atoms with Crippen molar-refractivity contribution in [3.8, 4) is 0 Å². The highest BCUT2D eigenvalue weighted by Gasteiger charge is 2.26. The summed E-state index contributed by atoms with van der Waals surface area (Å²) in [6.45, 7) is 4.76. The zero-order valence-electron chi connectivity index (χ0n) is 18.2. The van der Waals surface area contributed by atoms with Crippen LogP contribution in [0.4, 0.5) is 0 Å². The van der Waals surface area contributed by atoms with Gasteiger partial charge in [-0.1, -0.05) is 36.4 Å². The highest BCUT2D eigenvalue weighted by molar-refractivity contribution is 6.03. The Kier molecular flexibility index (Phi) is 4.99. The predicted octanol–water partition coefficient (Wildman–Crippen LogP) is 2.86. The largest absolute Gasteiger partial charge is 0.381 e. The highest BCUT2D eigenvalue weighted by Crippen LogP contribution is 2.24. The number of nitrogens with one attached hydrogen (secondary N) is 1. The number of aromatic amines is 1. The maximum atomic E-state index is 13.5. The Hall–Kier alpha value is -3.91. The van der Waals surface area contributed by atoms with Gasteiger partial charge in [-0.2, -0.15) is 0 Å². The van der Waals surface area contributed by atoms with E-state index >= 15 is 0 Å². The van der Waals surface area contributed by atoms with E-state index < -0.39 is 0 Å². The van der Waals surface area contributed by atoms with E-state index in [1.54, 1.807) is 22.6 Å². The average molecular weight is 427 g/mol. The van der Waals surface area contributed by atoms with E-state index in [4.69, 9.17) is 19.8 Å². The third kappa shape index (κ3) is 3.25. The second kappa shape index (κ2) is 7.97. The van der Waals surface area contributed by atoms with Gasteiger partial charge >= 0.3 is 5.56 Å². The number of aryl methyl sites for hydroxylation is 2. The van der Waals surface area contributed by atoms with E-state index in [2.05, 4.69) is 4.98 Å². The van der Waals surface area contributed by atoms with Gasteiger partial charge in [0.05, 0.1) is 30.4 Å². The van der Waals surface area contributed by atoms with Crippen molar-refractivity contribution in [2.45, 2.75) is 20.4 Å². The fraction of sp³-hybridized carbons (Fsp3) is 0.208. The van der Waals surface area contributed by atoms with Crippen LogP contribution in [0, 0.1) is 13.8 Å². The molecular weight excluding hydrogens is 404 g/mol. The molecule has 8 nitrogen and oxygen atoms in total. The predicted molar refractivity (Wildman–Crippen MR) is 124 cm³/mol. The monoisotopic (exact) mass is 427 g/mol. The summed E-state index contributed by atoms with van der Waals surface area (Å²) in [6.07, 6.45) is 1.78. The molecule has 5 aromatic rings. The Morgan fingerprint density at radius 1 is 1.06 bits per heavy atom. The molecule has 0 aliphatic heterocycles. The highest BCUT2D eigenvalue weighted by atomic mass is 16.5. The summed E-state index contributed by atoms with van der Waals surface area (Å²) in [7, 11) is 1.62. The number of ether oxygens (including phenoxy) is 1. The summed E-state index contributed by atoms with van der Waals surface area (Å²) >= 11 is 0. The molecule has 2 aromatic carbocycles. The number of para-hydroxylation sites is 2. The van der Waals surface area contributed by atoms with Crippen molar-refractivity contribution in [2.75, 3.05) is 13.7 Å². The lowest BCUT2D eigenvalue weighted by molar-refractivity contribution is -0.368. The molecule has 0 atom stereocenters.